The van der Waals surface area contributed by atoms with Crippen molar-refractivity contribution in [3.8, 4) is 5.75 Å². The van der Waals surface area contributed by atoms with Crippen molar-refractivity contribution in [2.75, 3.05) is 13.7 Å². The van der Waals surface area contributed by atoms with Gasteiger partial charge >= 0.3 is 6.03 Å². The lowest BCUT2D eigenvalue weighted by atomic mass is 10.0. The standard InChI is InChI=1S/C20H17N5O5/c1-29-13-5-4-12-9-25(19(27)14(12)8-13)10-15(17(26)23-20(28)24-21)16-7-11-3-2-6-22-18(11)30-16/h2-8,15,21H,9-10H2,1H3,(H,23,26,28)/t15-/m1/s1. The van der Waals surface area contributed by atoms with Crippen LogP contribution in [-0.2, 0) is 11.3 Å². The molecule has 30 heavy (non-hydrogen) atoms. The highest BCUT2D eigenvalue weighted by Crippen LogP contribution is 2.30. The molecule has 152 valence electrons. The minimum atomic E-state index is -1.10. The number of hydrogen-bond acceptors (Lipinski definition) is 7. The molecule has 3 aromatic rings. The van der Waals surface area contributed by atoms with E-state index in [1.165, 1.54) is 12.0 Å². The Hall–Kier alpha value is -4.08. The van der Waals surface area contributed by atoms with Gasteiger partial charge in [0.1, 0.15) is 17.4 Å². The first-order chi connectivity index (χ1) is 14.5. The Morgan fingerprint density at radius 2 is 2.20 bits per heavy atom. The summed E-state index contributed by atoms with van der Waals surface area (Å²) in [6, 6.07) is 9.27. The van der Waals surface area contributed by atoms with Crippen molar-refractivity contribution in [2.24, 2.45) is 5.11 Å². The fourth-order valence-electron chi connectivity index (χ4n) is 3.42. The van der Waals surface area contributed by atoms with Crippen molar-refractivity contribution in [1.29, 1.82) is 5.53 Å². The number of methoxy groups -OCH3 is 1. The minimum Gasteiger partial charge on any atom is -0.497 e. The van der Waals surface area contributed by atoms with Gasteiger partial charge in [0.15, 0.2) is 0 Å². The smallest absolute Gasteiger partial charge is 0.365 e. The molecule has 0 bridgehead atoms. The molecule has 2 N–H and O–H groups in total. The number of imide groups is 1. The van der Waals surface area contributed by atoms with Crippen LogP contribution < -0.4 is 10.1 Å². The molecule has 0 spiro atoms. The fraction of sp³-hybridized carbons (Fsp3) is 0.200. The highest BCUT2D eigenvalue weighted by Gasteiger charge is 2.34. The zero-order valence-corrected chi connectivity index (χ0v) is 15.9. The van der Waals surface area contributed by atoms with Gasteiger partial charge in [0.25, 0.3) is 5.91 Å². The molecular formula is C20H17N5O5. The molecular weight excluding hydrogens is 390 g/mol. The minimum absolute atomic E-state index is 0.0350. The number of nitrogens with one attached hydrogen (secondary N) is 2. The molecule has 0 aliphatic carbocycles. The SMILES string of the molecule is COc1ccc2c(c1)C(=O)N(C[C@@H](C(=O)NC(=O)N=N)c1cc3cccnc3o1)C2. The van der Waals surface area contributed by atoms with E-state index in [2.05, 4.69) is 10.1 Å². The Kier molecular flexibility index (Phi) is 4.97. The fourth-order valence-corrected chi connectivity index (χ4v) is 3.42. The van der Waals surface area contributed by atoms with Crippen molar-refractivity contribution in [3.63, 3.8) is 0 Å². The number of furan rings is 1. The monoisotopic (exact) mass is 407 g/mol. The second-order valence-electron chi connectivity index (χ2n) is 6.71. The molecule has 0 saturated heterocycles. The number of ether oxygens (including phenoxy) is 1. The summed E-state index contributed by atoms with van der Waals surface area (Å²) in [6.07, 6.45) is 1.56. The van der Waals surface area contributed by atoms with Gasteiger partial charge in [-0.3, -0.25) is 14.9 Å². The zero-order valence-electron chi connectivity index (χ0n) is 15.9. The Balaban J connectivity index is 1.64. The number of nitrogens with zero attached hydrogens (tertiary/aromatic N) is 3. The molecule has 4 amide bonds. The van der Waals surface area contributed by atoms with E-state index in [1.807, 2.05) is 5.32 Å². The summed E-state index contributed by atoms with van der Waals surface area (Å²) >= 11 is 0. The molecule has 1 aliphatic heterocycles. The van der Waals surface area contributed by atoms with Crippen LogP contribution in [-0.4, -0.2) is 41.4 Å². The van der Waals surface area contributed by atoms with Crippen LogP contribution in [0.4, 0.5) is 4.79 Å². The maximum atomic E-state index is 12.9. The van der Waals surface area contributed by atoms with E-state index in [-0.39, 0.29) is 18.2 Å². The number of pyridine rings is 1. The summed E-state index contributed by atoms with van der Waals surface area (Å²) in [4.78, 5) is 42.7. The number of aromatic nitrogens is 1. The van der Waals surface area contributed by atoms with Crippen LogP contribution in [0.5, 0.6) is 5.75 Å². The Labute approximate surface area is 170 Å². The summed E-state index contributed by atoms with van der Waals surface area (Å²) in [5.74, 6) is -1.17. The molecule has 4 rings (SSSR count). The maximum Gasteiger partial charge on any atom is 0.365 e. The maximum absolute atomic E-state index is 12.9. The molecule has 10 nitrogen and oxygen atoms in total. The average Bonchev–Trinajstić information content (AvgIpc) is 3.32. The van der Waals surface area contributed by atoms with Crippen molar-refractivity contribution in [1.82, 2.24) is 15.2 Å². The van der Waals surface area contributed by atoms with E-state index in [4.69, 9.17) is 14.7 Å². The third kappa shape index (κ3) is 3.50. The first kappa shape index (κ1) is 19.2. The first-order valence-corrected chi connectivity index (χ1v) is 9.03. The van der Waals surface area contributed by atoms with Crippen molar-refractivity contribution in [3.05, 3.63) is 59.5 Å². The summed E-state index contributed by atoms with van der Waals surface area (Å²) < 4.78 is 10.9. The molecule has 1 aliphatic rings. The molecule has 2 aromatic heterocycles. The van der Waals surface area contributed by atoms with Gasteiger partial charge < -0.3 is 14.1 Å². The van der Waals surface area contributed by atoms with Gasteiger partial charge in [0, 0.05) is 30.2 Å². The van der Waals surface area contributed by atoms with Gasteiger partial charge in [0.2, 0.25) is 11.6 Å². The van der Waals surface area contributed by atoms with Crippen molar-refractivity contribution < 1.29 is 23.5 Å². The van der Waals surface area contributed by atoms with Gasteiger partial charge in [-0.15, -0.1) is 0 Å². The van der Waals surface area contributed by atoms with E-state index in [0.717, 1.165) is 5.56 Å². The largest absolute Gasteiger partial charge is 0.497 e. The Morgan fingerprint density at radius 1 is 1.37 bits per heavy atom. The van der Waals surface area contributed by atoms with Crippen LogP contribution in [0.25, 0.3) is 11.1 Å². The summed E-state index contributed by atoms with van der Waals surface area (Å²) in [5, 5.41) is 5.40. The predicted octanol–water partition coefficient (Wildman–Crippen LogP) is 2.84. The molecule has 3 heterocycles. The summed E-state index contributed by atoms with van der Waals surface area (Å²) in [7, 11) is 1.52. The number of carbonyl (C=O) groups is 3. The van der Waals surface area contributed by atoms with Gasteiger partial charge in [0.05, 0.1) is 7.11 Å². The van der Waals surface area contributed by atoms with Gasteiger partial charge in [-0.1, -0.05) is 11.2 Å². The van der Waals surface area contributed by atoms with E-state index in [0.29, 0.717) is 29.0 Å². The van der Waals surface area contributed by atoms with E-state index >= 15 is 0 Å². The summed E-state index contributed by atoms with van der Waals surface area (Å²) in [6.45, 7) is 0.268. The number of urea groups is 1. The number of hydrogen-bond donors (Lipinski definition) is 2. The summed E-state index contributed by atoms with van der Waals surface area (Å²) in [5.41, 5.74) is 8.41. The van der Waals surface area contributed by atoms with E-state index < -0.39 is 17.9 Å². The quantitative estimate of drug-likeness (QED) is 0.624. The van der Waals surface area contributed by atoms with Crippen molar-refractivity contribution >= 4 is 28.9 Å². The number of amides is 4. The number of fused-ring (bicyclic) bond motifs is 2. The second kappa shape index (κ2) is 7.74. The second-order valence-corrected chi connectivity index (χ2v) is 6.71. The normalized spacial score (nSPS) is 13.8. The number of rotatable bonds is 5. The van der Waals surface area contributed by atoms with Crippen LogP contribution in [0.15, 0.2) is 52.1 Å². The number of benzene rings is 1. The molecule has 0 unspecified atom stereocenters. The first-order valence-electron chi connectivity index (χ1n) is 9.03. The third-order valence-electron chi connectivity index (χ3n) is 4.90. The molecule has 0 fully saturated rings. The highest BCUT2D eigenvalue weighted by atomic mass is 16.5. The predicted molar refractivity (Wildman–Crippen MR) is 103 cm³/mol. The molecule has 0 radical (unpaired) electrons. The van der Waals surface area contributed by atoms with E-state index in [9.17, 15) is 14.4 Å². The highest BCUT2D eigenvalue weighted by molar-refractivity contribution is 6.01. The van der Waals surface area contributed by atoms with Gasteiger partial charge in [-0.2, -0.15) is 5.53 Å². The third-order valence-corrected chi connectivity index (χ3v) is 4.90. The molecule has 10 heteroatoms. The Bertz CT molecular complexity index is 1140. The topological polar surface area (TPSA) is 138 Å². The van der Waals surface area contributed by atoms with Crippen LogP contribution >= 0.6 is 0 Å². The molecule has 1 atom stereocenters. The number of carbonyl (C=O) groups excluding carboxylic acids is 3. The van der Waals surface area contributed by atoms with Crippen LogP contribution in [0.1, 0.15) is 27.6 Å². The van der Waals surface area contributed by atoms with E-state index in [1.54, 1.807) is 42.6 Å². The lowest BCUT2D eigenvalue weighted by molar-refractivity contribution is -0.122. The molecule has 1 aromatic carbocycles. The van der Waals surface area contributed by atoms with Crippen LogP contribution in [0.2, 0.25) is 0 Å². The van der Waals surface area contributed by atoms with Gasteiger partial charge in [-0.25, -0.2) is 9.78 Å². The average molecular weight is 407 g/mol. The lowest BCUT2D eigenvalue weighted by Crippen LogP contribution is -2.39. The van der Waals surface area contributed by atoms with Crippen LogP contribution in [0.3, 0.4) is 0 Å². The molecule has 0 saturated carbocycles. The van der Waals surface area contributed by atoms with Crippen molar-refractivity contribution in [2.45, 2.75) is 12.5 Å². The lowest BCUT2D eigenvalue weighted by Gasteiger charge is -2.21. The zero-order chi connectivity index (χ0) is 21.3. The van der Waals surface area contributed by atoms with Crippen LogP contribution in [0, 0.1) is 5.53 Å². The Morgan fingerprint density at radius 3 is 2.93 bits per heavy atom. The van der Waals surface area contributed by atoms with Gasteiger partial charge in [-0.05, 0) is 35.9 Å².